The van der Waals surface area contributed by atoms with Gasteiger partial charge >= 0.3 is 0 Å². The molecule has 9 rings (SSSR count). The molecule has 64 heavy (non-hydrogen) atoms. The van der Waals surface area contributed by atoms with Crippen LogP contribution in [0.15, 0.2) is 47.6 Å². The van der Waals surface area contributed by atoms with Gasteiger partial charge < -0.3 is 44.9 Å². The highest BCUT2D eigenvalue weighted by molar-refractivity contribution is 6.01. The average molecular weight is 911 g/mol. The van der Waals surface area contributed by atoms with Gasteiger partial charge in [0.15, 0.2) is 40.6 Å². The summed E-state index contributed by atoms with van der Waals surface area (Å²) in [5.41, 5.74) is -5.51. The first-order valence-electron chi connectivity index (χ1n) is 29.6. The maximum absolute atomic E-state index is 13.5. The van der Waals surface area contributed by atoms with Crippen LogP contribution in [0.4, 0.5) is 0 Å². The number of aliphatic hydroxyl groups is 6. The van der Waals surface area contributed by atoms with E-state index in [9.17, 15) is 54.6 Å². The third kappa shape index (κ3) is 7.29. The first kappa shape index (κ1) is 32.7. The summed E-state index contributed by atoms with van der Waals surface area (Å²) in [5.74, 6) is -2.91. The molecule has 1 aliphatic heterocycles. The van der Waals surface area contributed by atoms with E-state index in [-0.39, 0.29) is 80.2 Å². The maximum Gasteiger partial charge on any atom is 0.193 e. The molecule has 0 unspecified atom stereocenters. The van der Waals surface area contributed by atoms with Crippen LogP contribution in [-0.2, 0) is 33.4 Å². The van der Waals surface area contributed by atoms with Crippen LogP contribution in [0.3, 0.4) is 0 Å². The standard InChI is InChI=1S/C25H34O6.C21H28O6.C4H8O.CH4/c1-4-5-21-30-20-11-17-16-7-6-14-10-15(27)8-9-23(14,2)22(16)18(28)12-24(17,3)25(20,31-21)19(29)13-26;1-19-6-5-12(23)7-11(19)3-4-13-14-8-16(25)21(27,17(26)10-22)20(14,2)9-15(24)18(13)19;1-2-3-4-5;/h8-10,16-18,20-22,26,28H,4-7,11-13H2,1-3H3;5-7,13-16,18,22,24-25,27H,3-4,8-10H2,1-2H3;4H,2-3H2,1H3;1H4/t16-,17-,18-,20+,21+,22+,23-,24-,25+;13-,14-,15-,16+,18+,19-,20-,21-;;/m00../s1/i1D3,4D2,5D2,21D;;1D3,2D2,3D2,4D;. The van der Waals surface area contributed by atoms with E-state index in [2.05, 4.69) is 0 Å². The number of aldehydes is 1. The SMILES string of the molecule is C.C[C@]12C=CC(=O)C=C1CC[C@@H]1[C@@H]2[C@@H](O)C[C@@]2(C)[C@H]1C[C@@H](O)[C@]2(O)C(=O)CO.[2H]C(=O)C([2H])([2H])C([2H])([2H])C([2H])([2H])[2H].[2H]C([2H])([2H])C([2H])([2H])C([2H])([2H])[C@]1([2H])O[C@@H]2C[C@H]3[C@@H]4CCC5=CC(=O)C=C[C@]5(C)[C@H]4[C@@H](O)C[C@]3(C)[C@]2(C(=O)CO)O1. The highest BCUT2D eigenvalue weighted by Crippen LogP contribution is 2.70. The van der Waals surface area contributed by atoms with E-state index in [1.54, 1.807) is 32.1 Å². The molecule has 7 fully saturated rings. The van der Waals surface area contributed by atoms with Crippen LogP contribution in [0, 0.1) is 57.2 Å². The highest BCUT2D eigenvalue weighted by Gasteiger charge is 2.76. The van der Waals surface area contributed by atoms with Crippen molar-refractivity contribution in [2.75, 3.05) is 13.2 Å². The van der Waals surface area contributed by atoms with Crippen molar-refractivity contribution < 1.29 is 86.0 Å². The molecular formula is C51H74O13. The molecule has 13 nitrogen and oxygen atoms in total. The third-order valence-corrected chi connectivity index (χ3v) is 17.3. The van der Waals surface area contributed by atoms with E-state index in [1.807, 2.05) is 26.0 Å². The molecule has 0 radical (unpaired) electrons. The summed E-state index contributed by atoms with van der Waals surface area (Å²) in [7, 11) is 0. The van der Waals surface area contributed by atoms with Gasteiger partial charge in [0.1, 0.15) is 20.8 Å². The molecule has 0 aromatic heterocycles. The Hall–Kier alpha value is -3.01. The summed E-state index contributed by atoms with van der Waals surface area (Å²) in [6.45, 7) is -1.17. The first-order valence-corrected chi connectivity index (χ1v) is 21.6. The largest absolute Gasteiger partial charge is 0.393 e. The lowest BCUT2D eigenvalue weighted by molar-refractivity contribution is -0.200. The van der Waals surface area contributed by atoms with Crippen molar-refractivity contribution in [1.29, 1.82) is 0 Å². The summed E-state index contributed by atoms with van der Waals surface area (Å²) in [6, 6.07) is 0. The number of ether oxygens (including phenoxy) is 2. The van der Waals surface area contributed by atoms with E-state index in [0.717, 1.165) is 24.0 Å². The fraction of sp³-hybridized carbons (Fsp3) is 0.745. The van der Waals surface area contributed by atoms with Crippen molar-refractivity contribution in [3.8, 4) is 0 Å². The second-order valence-corrected chi connectivity index (χ2v) is 19.7. The van der Waals surface area contributed by atoms with Gasteiger partial charge in [-0.05, 0) is 112 Å². The Balaban J connectivity index is 0.000000218. The van der Waals surface area contributed by atoms with E-state index >= 15 is 0 Å². The lowest BCUT2D eigenvalue weighted by Crippen LogP contribution is -2.63. The molecule has 0 aromatic carbocycles. The molecule has 0 amide bonds. The molecule has 8 aliphatic carbocycles. The van der Waals surface area contributed by atoms with E-state index in [0.29, 0.717) is 12.8 Å². The van der Waals surface area contributed by atoms with Crippen molar-refractivity contribution in [2.24, 2.45) is 57.2 Å². The topological polar surface area (TPSA) is 225 Å². The molecule has 17 atom stereocenters. The lowest BCUT2D eigenvalue weighted by Gasteiger charge is -2.59. The van der Waals surface area contributed by atoms with Gasteiger partial charge in [-0.1, -0.05) is 78.5 Å². The number of rotatable bonds is 8. The van der Waals surface area contributed by atoms with E-state index in [4.69, 9.17) is 31.4 Å². The summed E-state index contributed by atoms with van der Waals surface area (Å²) in [5, 5.41) is 64.0. The second kappa shape index (κ2) is 18.2. The second-order valence-electron chi connectivity index (χ2n) is 19.7. The smallest absolute Gasteiger partial charge is 0.193 e. The van der Waals surface area contributed by atoms with Crippen LogP contribution in [0.2, 0.25) is 0 Å². The Morgan fingerprint density at radius 2 is 1.36 bits per heavy atom. The van der Waals surface area contributed by atoms with Gasteiger partial charge in [-0.25, -0.2) is 0 Å². The number of hydrogen-bond acceptors (Lipinski definition) is 13. The van der Waals surface area contributed by atoms with Gasteiger partial charge in [-0.3, -0.25) is 19.2 Å². The molecule has 1 heterocycles. The van der Waals surface area contributed by atoms with Crippen LogP contribution in [0.5, 0.6) is 0 Å². The van der Waals surface area contributed by atoms with Gasteiger partial charge in [-0.2, -0.15) is 0 Å². The highest BCUT2D eigenvalue weighted by atomic mass is 16.7. The molecule has 6 saturated carbocycles. The Kier molecular flexibility index (Phi) is 9.30. The van der Waals surface area contributed by atoms with Crippen LogP contribution in [0.1, 0.15) is 148 Å². The monoisotopic (exact) mass is 911 g/mol. The molecule has 6 N–H and O–H groups in total. The number of carbonyl (C=O) groups excluding carboxylic acids is 5. The molecule has 0 aromatic rings. The maximum atomic E-state index is 13.5. The molecule has 0 bridgehead atoms. The number of ketones is 4. The number of hydrogen-bond donors (Lipinski definition) is 6. The molecule has 9 aliphatic rings. The molecular weight excluding hydrogens is 821 g/mol. The third-order valence-electron chi connectivity index (χ3n) is 17.3. The molecule has 13 heteroatoms. The van der Waals surface area contributed by atoms with Crippen molar-refractivity contribution in [2.45, 2.75) is 168 Å². The molecule has 0 spiro atoms. The Morgan fingerprint density at radius 1 is 0.844 bits per heavy atom. The fourth-order valence-electron chi connectivity index (χ4n) is 14.7. The van der Waals surface area contributed by atoms with Gasteiger partial charge in [-0.15, -0.1) is 0 Å². The number of carbonyl (C=O) groups is 5. The minimum Gasteiger partial charge on any atom is -0.393 e. The number of allylic oxidation sites excluding steroid dienone is 8. The van der Waals surface area contributed by atoms with Gasteiger partial charge in [0, 0.05) is 59.1 Å². The number of Topliss-reactive ketones (excluding diaryl/α,β-unsaturated/α-hetero) is 2. The van der Waals surface area contributed by atoms with Crippen molar-refractivity contribution in [1.82, 2.24) is 0 Å². The van der Waals surface area contributed by atoms with Crippen molar-refractivity contribution in [3.05, 3.63) is 47.6 Å². The van der Waals surface area contributed by atoms with Gasteiger partial charge in [0.2, 0.25) is 0 Å². The van der Waals surface area contributed by atoms with Crippen LogP contribution < -0.4 is 0 Å². The Bertz CT molecular complexity index is 2660. The van der Waals surface area contributed by atoms with Crippen LogP contribution >= 0.6 is 0 Å². The van der Waals surface area contributed by atoms with Gasteiger partial charge in [0.05, 0.1) is 25.8 Å². The number of aliphatic hydroxyl groups excluding tert-OH is 5. The molecule has 356 valence electrons. The van der Waals surface area contributed by atoms with Crippen molar-refractivity contribution in [3.63, 3.8) is 0 Å². The zero-order chi connectivity index (χ0) is 60.0. The summed E-state index contributed by atoms with van der Waals surface area (Å²) < 4.78 is 130. The quantitative estimate of drug-likeness (QED) is 0.179. The predicted molar refractivity (Wildman–Crippen MR) is 237 cm³/mol. The lowest BCUT2D eigenvalue weighted by atomic mass is 9.46. The van der Waals surface area contributed by atoms with Crippen molar-refractivity contribution >= 4 is 29.4 Å². The predicted octanol–water partition coefficient (Wildman–Crippen LogP) is 4.87. The van der Waals surface area contributed by atoms with Crippen LogP contribution in [0.25, 0.3) is 0 Å². The summed E-state index contributed by atoms with van der Waals surface area (Å²) >= 11 is 0. The normalized spacial score (nSPS) is 52.7. The zero-order valence-electron chi connectivity index (χ0n) is 51.8. The zero-order valence-corrected chi connectivity index (χ0v) is 35.8. The fourth-order valence-corrected chi connectivity index (χ4v) is 14.7. The summed E-state index contributed by atoms with van der Waals surface area (Å²) in [6.07, 6.45) is -10.1. The minimum atomic E-state index is -3.59. The average Bonchev–Trinajstić information content (AvgIpc) is 3.86. The first-order chi connectivity index (χ1) is 35.8. The molecule has 1 saturated heterocycles. The van der Waals surface area contributed by atoms with E-state index in [1.165, 1.54) is 6.08 Å². The van der Waals surface area contributed by atoms with Crippen LogP contribution in [-0.4, -0.2) is 115 Å². The number of fused-ring (bicyclic) bond motifs is 12. The summed E-state index contributed by atoms with van der Waals surface area (Å²) in [4.78, 5) is 60.2. The van der Waals surface area contributed by atoms with Gasteiger partial charge in [0.25, 0.3) is 0 Å². The Morgan fingerprint density at radius 3 is 1.84 bits per heavy atom. The Labute approximate surface area is 400 Å². The minimum absolute atomic E-state index is 0. The van der Waals surface area contributed by atoms with E-state index < -0.39 is 134 Å².